The molecule has 5 nitrogen and oxygen atoms in total. The van der Waals surface area contributed by atoms with E-state index in [2.05, 4.69) is 59.9 Å². The summed E-state index contributed by atoms with van der Waals surface area (Å²) in [7, 11) is 0. The van der Waals surface area contributed by atoms with Crippen molar-refractivity contribution in [1.82, 2.24) is 0 Å². The van der Waals surface area contributed by atoms with Crippen molar-refractivity contribution in [2.45, 2.75) is 119 Å². The molecule has 6 rings (SSSR count). The molecule has 9 atom stereocenters. The van der Waals surface area contributed by atoms with Gasteiger partial charge in [-0.15, -0.1) is 0 Å². The number of ether oxygens (including phenoxy) is 1. The van der Waals surface area contributed by atoms with E-state index in [9.17, 15) is 14.4 Å². The van der Waals surface area contributed by atoms with Crippen LogP contribution in [0.25, 0.3) is 0 Å². The monoisotopic (exact) mass is 621 g/mol. The maximum atomic E-state index is 14.7. The molecule has 0 saturated heterocycles. The number of amides is 1. The maximum absolute atomic E-state index is 14.7. The molecular formula is C38H52ClNO4. The molecule has 0 unspecified atom stereocenters. The molecule has 0 radical (unpaired) electrons. The van der Waals surface area contributed by atoms with Gasteiger partial charge in [-0.3, -0.25) is 14.4 Å². The van der Waals surface area contributed by atoms with Crippen LogP contribution in [0.4, 0.5) is 5.69 Å². The van der Waals surface area contributed by atoms with Crippen LogP contribution in [0, 0.1) is 50.2 Å². The van der Waals surface area contributed by atoms with Gasteiger partial charge in [0, 0.05) is 23.7 Å². The van der Waals surface area contributed by atoms with Crippen molar-refractivity contribution in [2.75, 3.05) is 5.32 Å². The molecule has 240 valence electrons. The third-order valence-electron chi connectivity index (χ3n) is 14.5. The number of hydrogen-bond acceptors (Lipinski definition) is 4. The molecule has 4 fully saturated rings. The molecule has 0 aromatic heterocycles. The van der Waals surface area contributed by atoms with Crippen LogP contribution in [0.15, 0.2) is 35.9 Å². The molecule has 0 spiro atoms. The minimum absolute atomic E-state index is 0.0199. The minimum atomic E-state index is -0.550. The van der Waals surface area contributed by atoms with Gasteiger partial charge in [0.2, 0.25) is 5.91 Å². The minimum Gasteiger partial charge on any atom is -0.462 e. The Balaban J connectivity index is 1.35. The largest absolute Gasteiger partial charge is 0.462 e. The van der Waals surface area contributed by atoms with E-state index in [1.165, 1.54) is 12.5 Å². The Morgan fingerprint density at radius 1 is 0.909 bits per heavy atom. The first-order chi connectivity index (χ1) is 20.4. The average molecular weight is 622 g/mol. The lowest BCUT2D eigenvalue weighted by Gasteiger charge is -2.70. The zero-order chi connectivity index (χ0) is 32.1. The van der Waals surface area contributed by atoms with E-state index >= 15 is 0 Å². The molecule has 1 N–H and O–H groups in total. The molecule has 0 aliphatic heterocycles. The fourth-order valence-electron chi connectivity index (χ4n) is 11.6. The quantitative estimate of drug-likeness (QED) is 0.342. The van der Waals surface area contributed by atoms with E-state index in [0.717, 1.165) is 57.8 Å². The van der Waals surface area contributed by atoms with Crippen LogP contribution in [-0.4, -0.2) is 23.8 Å². The Morgan fingerprint density at radius 2 is 1.59 bits per heavy atom. The molecule has 1 amide bonds. The summed E-state index contributed by atoms with van der Waals surface area (Å²) in [6.07, 6.45) is 10.4. The number of rotatable bonds is 3. The number of para-hydroxylation sites is 1. The summed E-state index contributed by atoms with van der Waals surface area (Å²) in [5.74, 6) is 0.501. The second-order valence-corrected chi connectivity index (χ2v) is 17.6. The lowest BCUT2D eigenvalue weighted by Crippen LogP contribution is -2.66. The SMILES string of the molecule is CC(=O)O[C@@H]1CC[C@]2(C)[C@H](CC[C@]3(C)[C@@H]2C(=O)C=C2[C@@H]4C[C@](C)(C(=O)Nc5ccccc5Cl)CC[C@]4(C)CC[C@]23C)C1(C)C. The topological polar surface area (TPSA) is 72.5 Å². The maximum Gasteiger partial charge on any atom is 0.302 e. The van der Waals surface area contributed by atoms with Gasteiger partial charge in [-0.2, -0.15) is 0 Å². The molecule has 44 heavy (non-hydrogen) atoms. The molecule has 5 aliphatic rings. The van der Waals surface area contributed by atoms with E-state index in [1.807, 2.05) is 18.2 Å². The van der Waals surface area contributed by atoms with E-state index in [4.69, 9.17) is 16.3 Å². The van der Waals surface area contributed by atoms with Crippen molar-refractivity contribution in [3.8, 4) is 0 Å². The lowest BCUT2D eigenvalue weighted by molar-refractivity contribution is -0.210. The molecule has 1 aromatic rings. The Bertz CT molecular complexity index is 1430. The van der Waals surface area contributed by atoms with Gasteiger partial charge in [0.05, 0.1) is 10.7 Å². The summed E-state index contributed by atoms with van der Waals surface area (Å²) >= 11 is 6.42. The summed E-state index contributed by atoms with van der Waals surface area (Å²) in [4.78, 5) is 40.5. The summed E-state index contributed by atoms with van der Waals surface area (Å²) in [6.45, 7) is 17.8. The zero-order valence-corrected chi connectivity index (χ0v) is 28.8. The summed E-state index contributed by atoms with van der Waals surface area (Å²) in [5.41, 5.74) is 0.845. The van der Waals surface area contributed by atoms with E-state index in [0.29, 0.717) is 16.6 Å². The number of carbonyl (C=O) groups excluding carboxylic acids is 3. The molecule has 0 bridgehead atoms. The number of esters is 1. The van der Waals surface area contributed by atoms with Crippen molar-refractivity contribution in [3.05, 3.63) is 40.9 Å². The van der Waals surface area contributed by atoms with Gasteiger partial charge >= 0.3 is 5.97 Å². The Kier molecular flexibility index (Phi) is 7.36. The predicted octanol–water partition coefficient (Wildman–Crippen LogP) is 9.19. The Labute approximate surface area is 269 Å². The number of carbonyl (C=O) groups is 3. The average Bonchev–Trinajstić information content (AvgIpc) is 2.93. The number of ketones is 1. The van der Waals surface area contributed by atoms with Crippen LogP contribution in [0.3, 0.4) is 0 Å². The van der Waals surface area contributed by atoms with Crippen LogP contribution < -0.4 is 5.32 Å². The number of allylic oxidation sites excluding steroid dienone is 2. The molecule has 0 heterocycles. The predicted molar refractivity (Wildman–Crippen MR) is 175 cm³/mol. The molecule has 5 aliphatic carbocycles. The first kappa shape index (κ1) is 31.8. The van der Waals surface area contributed by atoms with Gasteiger partial charge in [-0.1, -0.05) is 77.8 Å². The molecule has 4 saturated carbocycles. The van der Waals surface area contributed by atoms with Gasteiger partial charge in [0.1, 0.15) is 6.10 Å². The van der Waals surface area contributed by atoms with E-state index in [1.54, 1.807) is 6.07 Å². The number of benzene rings is 1. The van der Waals surface area contributed by atoms with Crippen molar-refractivity contribution >= 4 is 34.9 Å². The second-order valence-electron chi connectivity index (χ2n) is 17.1. The van der Waals surface area contributed by atoms with Gasteiger partial charge in [-0.25, -0.2) is 0 Å². The van der Waals surface area contributed by atoms with Crippen LogP contribution in [0.5, 0.6) is 0 Å². The van der Waals surface area contributed by atoms with Crippen LogP contribution in [-0.2, 0) is 19.1 Å². The highest BCUT2D eigenvalue weighted by atomic mass is 35.5. The van der Waals surface area contributed by atoms with E-state index in [-0.39, 0.29) is 62.7 Å². The van der Waals surface area contributed by atoms with Crippen molar-refractivity contribution in [2.24, 2.45) is 50.2 Å². The molecule has 1 aromatic carbocycles. The van der Waals surface area contributed by atoms with Crippen LogP contribution >= 0.6 is 11.6 Å². The summed E-state index contributed by atoms with van der Waals surface area (Å²) in [6, 6.07) is 7.42. The highest BCUT2D eigenvalue weighted by Crippen LogP contribution is 2.75. The molecule has 6 heteroatoms. The second kappa shape index (κ2) is 10.2. The number of fused-ring (bicyclic) bond motifs is 7. The molecular weight excluding hydrogens is 570 g/mol. The number of nitrogens with one attached hydrogen (secondary N) is 1. The Morgan fingerprint density at radius 3 is 2.27 bits per heavy atom. The zero-order valence-electron chi connectivity index (χ0n) is 28.1. The van der Waals surface area contributed by atoms with Gasteiger partial charge in [0.15, 0.2) is 5.78 Å². The van der Waals surface area contributed by atoms with Gasteiger partial charge in [0.25, 0.3) is 0 Å². The fourth-order valence-corrected chi connectivity index (χ4v) is 11.8. The first-order valence-electron chi connectivity index (χ1n) is 16.9. The van der Waals surface area contributed by atoms with Gasteiger partial charge in [-0.05, 0) is 109 Å². The van der Waals surface area contributed by atoms with Crippen molar-refractivity contribution in [1.29, 1.82) is 0 Å². The standard InChI is InChI=1S/C38H52ClNO4/c1-23(41)44-30-14-15-36(6)29(33(30,2)3)13-16-38(8)31(36)28(42)21-24-25-22-35(5,18-17-34(25,4)19-20-37(24,38)7)32(43)40-27-12-10-9-11-26(27)39/h9-12,21,25,29-31H,13-20,22H2,1-8H3,(H,40,43)/t25-,29+,30+,31+,34+,35+,36+,37+,38+/m0/s1. The normalized spacial score (nSPS) is 44.2. The van der Waals surface area contributed by atoms with Gasteiger partial charge < -0.3 is 10.1 Å². The first-order valence-corrected chi connectivity index (χ1v) is 17.3. The number of halogens is 1. The summed E-state index contributed by atoms with van der Waals surface area (Å²) < 4.78 is 5.87. The fraction of sp³-hybridized carbons (Fsp3) is 0.711. The van der Waals surface area contributed by atoms with E-state index < -0.39 is 5.41 Å². The van der Waals surface area contributed by atoms with Crippen molar-refractivity contribution in [3.63, 3.8) is 0 Å². The summed E-state index contributed by atoms with van der Waals surface area (Å²) in [5, 5.41) is 3.69. The van der Waals surface area contributed by atoms with Crippen molar-refractivity contribution < 1.29 is 19.1 Å². The third kappa shape index (κ3) is 4.41. The van der Waals surface area contributed by atoms with Crippen LogP contribution in [0.2, 0.25) is 5.02 Å². The lowest BCUT2D eigenvalue weighted by atomic mass is 9.33. The smallest absolute Gasteiger partial charge is 0.302 e. The highest BCUT2D eigenvalue weighted by molar-refractivity contribution is 6.33. The Hall–Kier alpha value is -2.14. The third-order valence-corrected chi connectivity index (χ3v) is 14.8. The number of anilines is 1. The van der Waals surface area contributed by atoms with Crippen LogP contribution in [0.1, 0.15) is 113 Å². The highest BCUT2D eigenvalue weighted by Gasteiger charge is 2.70. The number of hydrogen-bond donors (Lipinski definition) is 1.